The second kappa shape index (κ2) is 4.46. The van der Waals surface area contributed by atoms with E-state index >= 15 is 0 Å². The first-order valence-corrected chi connectivity index (χ1v) is 4.15. The zero-order valence-electron chi connectivity index (χ0n) is 7.54. The number of nitrogens with one attached hydrogen (secondary N) is 1. The molecule has 0 saturated heterocycles. The molecule has 0 unspecified atom stereocenters. The van der Waals surface area contributed by atoms with Crippen LogP contribution in [0.1, 0.15) is 6.42 Å². The largest absolute Gasteiger partial charge is 0.390 e. The van der Waals surface area contributed by atoms with Crippen LogP contribution in [0.3, 0.4) is 0 Å². The zero-order chi connectivity index (χ0) is 11.5. The molecule has 0 spiro atoms. The SMILES string of the molecule is Fc1cccc(NCCC(F)(F)F)c1F. The van der Waals surface area contributed by atoms with E-state index in [1.807, 2.05) is 0 Å². The predicted molar refractivity (Wildman–Crippen MR) is 45.5 cm³/mol. The molecule has 0 fully saturated rings. The Balaban J connectivity index is 2.55. The van der Waals surface area contributed by atoms with Gasteiger partial charge in [0.2, 0.25) is 0 Å². The van der Waals surface area contributed by atoms with Crippen LogP contribution >= 0.6 is 0 Å². The number of hydrogen-bond donors (Lipinski definition) is 1. The highest BCUT2D eigenvalue weighted by atomic mass is 19.4. The van der Waals surface area contributed by atoms with Crippen LogP contribution in [0.5, 0.6) is 0 Å². The molecule has 0 radical (unpaired) electrons. The third kappa shape index (κ3) is 3.73. The van der Waals surface area contributed by atoms with Crippen LogP contribution in [0.4, 0.5) is 27.6 Å². The van der Waals surface area contributed by atoms with E-state index in [-0.39, 0.29) is 5.69 Å². The van der Waals surface area contributed by atoms with Crippen molar-refractivity contribution in [3.05, 3.63) is 29.8 Å². The molecular weight excluding hydrogens is 217 g/mol. The van der Waals surface area contributed by atoms with Crippen molar-refractivity contribution in [3.8, 4) is 0 Å². The Kier molecular flexibility index (Phi) is 3.49. The van der Waals surface area contributed by atoms with Gasteiger partial charge in [-0.05, 0) is 12.1 Å². The van der Waals surface area contributed by atoms with Crippen molar-refractivity contribution in [3.63, 3.8) is 0 Å². The molecule has 0 saturated carbocycles. The molecular formula is C9H8F5N. The van der Waals surface area contributed by atoms with E-state index in [0.29, 0.717) is 0 Å². The maximum atomic E-state index is 12.9. The fourth-order valence-corrected chi connectivity index (χ4v) is 0.979. The van der Waals surface area contributed by atoms with Crippen molar-refractivity contribution in [2.75, 3.05) is 11.9 Å². The highest BCUT2D eigenvalue weighted by Gasteiger charge is 2.26. The third-order valence-electron chi connectivity index (χ3n) is 1.68. The Morgan fingerprint density at radius 1 is 1.13 bits per heavy atom. The molecule has 84 valence electrons. The Bertz CT molecular complexity index is 334. The average molecular weight is 225 g/mol. The number of rotatable bonds is 3. The van der Waals surface area contributed by atoms with Gasteiger partial charge in [-0.1, -0.05) is 6.07 Å². The topological polar surface area (TPSA) is 12.0 Å². The lowest BCUT2D eigenvalue weighted by Gasteiger charge is -2.09. The first-order valence-electron chi connectivity index (χ1n) is 4.15. The first kappa shape index (κ1) is 11.7. The van der Waals surface area contributed by atoms with Crippen LogP contribution < -0.4 is 5.32 Å². The summed E-state index contributed by atoms with van der Waals surface area (Å²) in [5.41, 5.74) is -0.265. The molecule has 0 amide bonds. The number of anilines is 1. The second-order valence-corrected chi connectivity index (χ2v) is 2.89. The Morgan fingerprint density at radius 3 is 2.40 bits per heavy atom. The fraction of sp³-hybridized carbons (Fsp3) is 0.333. The second-order valence-electron chi connectivity index (χ2n) is 2.89. The molecule has 1 aromatic rings. The van der Waals surface area contributed by atoms with Crippen LogP contribution in [0, 0.1) is 11.6 Å². The van der Waals surface area contributed by atoms with Crippen molar-refractivity contribution < 1.29 is 22.0 Å². The van der Waals surface area contributed by atoms with E-state index in [9.17, 15) is 22.0 Å². The molecule has 15 heavy (non-hydrogen) atoms. The minimum absolute atomic E-state index is 0.265. The van der Waals surface area contributed by atoms with E-state index in [4.69, 9.17) is 0 Å². The Hall–Kier alpha value is -1.33. The summed E-state index contributed by atoms with van der Waals surface area (Å²) in [7, 11) is 0. The highest BCUT2D eigenvalue weighted by Crippen LogP contribution is 2.21. The molecule has 6 heteroatoms. The van der Waals surface area contributed by atoms with Crippen LogP contribution in [-0.4, -0.2) is 12.7 Å². The van der Waals surface area contributed by atoms with E-state index in [0.717, 1.165) is 6.07 Å². The molecule has 0 heterocycles. The van der Waals surface area contributed by atoms with Gasteiger partial charge in [0.15, 0.2) is 11.6 Å². The van der Waals surface area contributed by atoms with Gasteiger partial charge >= 0.3 is 6.18 Å². The number of hydrogen-bond acceptors (Lipinski definition) is 1. The minimum Gasteiger partial charge on any atom is -0.382 e. The highest BCUT2D eigenvalue weighted by molar-refractivity contribution is 5.44. The zero-order valence-corrected chi connectivity index (χ0v) is 7.54. The molecule has 0 aliphatic carbocycles. The molecule has 0 aliphatic rings. The quantitative estimate of drug-likeness (QED) is 0.778. The standard InChI is InChI=1S/C9H8F5N/c10-6-2-1-3-7(8(6)11)15-5-4-9(12,13)14/h1-3,15H,4-5H2. The van der Waals surface area contributed by atoms with Gasteiger partial charge in [0.05, 0.1) is 12.1 Å². The van der Waals surface area contributed by atoms with Crippen LogP contribution in [-0.2, 0) is 0 Å². The third-order valence-corrected chi connectivity index (χ3v) is 1.68. The van der Waals surface area contributed by atoms with Crippen molar-refractivity contribution in [2.45, 2.75) is 12.6 Å². The molecule has 0 aromatic heterocycles. The Labute approximate surface area is 82.9 Å². The molecule has 1 N–H and O–H groups in total. The summed E-state index contributed by atoms with van der Waals surface area (Å²) < 4.78 is 60.7. The summed E-state index contributed by atoms with van der Waals surface area (Å²) in [4.78, 5) is 0. The maximum Gasteiger partial charge on any atom is 0.390 e. The lowest BCUT2D eigenvalue weighted by atomic mass is 10.3. The van der Waals surface area contributed by atoms with Crippen molar-refractivity contribution in [2.24, 2.45) is 0 Å². The molecule has 0 aliphatic heterocycles. The summed E-state index contributed by atoms with van der Waals surface area (Å²) in [6, 6.07) is 3.29. The summed E-state index contributed by atoms with van der Waals surface area (Å²) in [5, 5.41) is 2.18. The summed E-state index contributed by atoms with van der Waals surface area (Å²) >= 11 is 0. The molecule has 1 aromatic carbocycles. The molecule has 0 atom stereocenters. The van der Waals surface area contributed by atoms with E-state index in [2.05, 4.69) is 5.32 Å². The van der Waals surface area contributed by atoms with Gasteiger partial charge in [-0.2, -0.15) is 13.2 Å². The van der Waals surface area contributed by atoms with Crippen LogP contribution in [0.2, 0.25) is 0 Å². The van der Waals surface area contributed by atoms with Crippen LogP contribution in [0.25, 0.3) is 0 Å². The van der Waals surface area contributed by atoms with Gasteiger partial charge in [0.25, 0.3) is 0 Å². The summed E-state index contributed by atoms with van der Waals surface area (Å²) in [6.45, 7) is -0.482. The first-order chi connectivity index (χ1) is 6.90. The Morgan fingerprint density at radius 2 is 1.80 bits per heavy atom. The minimum atomic E-state index is -4.31. The van der Waals surface area contributed by atoms with E-state index in [1.165, 1.54) is 12.1 Å². The van der Waals surface area contributed by atoms with E-state index < -0.39 is 30.8 Å². The van der Waals surface area contributed by atoms with Crippen molar-refractivity contribution in [1.82, 2.24) is 0 Å². The van der Waals surface area contributed by atoms with Gasteiger partial charge in [-0.3, -0.25) is 0 Å². The molecule has 0 bridgehead atoms. The monoisotopic (exact) mass is 225 g/mol. The number of halogens is 5. The van der Waals surface area contributed by atoms with Gasteiger partial charge in [0.1, 0.15) is 0 Å². The average Bonchev–Trinajstić information content (AvgIpc) is 2.10. The van der Waals surface area contributed by atoms with Crippen molar-refractivity contribution in [1.29, 1.82) is 0 Å². The summed E-state index contributed by atoms with van der Waals surface area (Å²) in [5.74, 6) is -2.26. The maximum absolute atomic E-state index is 12.9. The van der Waals surface area contributed by atoms with Gasteiger partial charge in [0, 0.05) is 6.54 Å². The fourth-order valence-electron chi connectivity index (χ4n) is 0.979. The summed E-state index contributed by atoms with van der Waals surface area (Å²) in [6.07, 6.45) is -5.40. The van der Waals surface area contributed by atoms with Gasteiger partial charge in [-0.15, -0.1) is 0 Å². The van der Waals surface area contributed by atoms with Gasteiger partial charge in [-0.25, -0.2) is 8.78 Å². The lowest BCUT2D eigenvalue weighted by Crippen LogP contribution is -2.15. The normalized spacial score (nSPS) is 11.5. The van der Waals surface area contributed by atoms with Crippen LogP contribution in [0.15, 0.2) is 18.2 Å². The molecule has 1 rings (SSSR count). The van der Waals surface area contributed by atoms with E-state index in [1.54, 1.807) is 0 Å². The van der Waals surface area contributed by atoms with Gasteiger partial charge < -0.3 is 5.32 Å². The number of alkyl halides is 3. The van der Waals surface area contributed by atoms with Crippen molar-refractivity contribution >= 4 is 5.69 Å². The molecule has 1 nitrogen and oxygen atoms in total. The number of benzene rings is 1. The smallest absolute Gasteiger partial charge is 0.382 e. The lowest BCUT2D eigenvalue weighted by molar-refractivity contribution is -0.131. The predicted octanol–water partition coefficient (Wildman–Crippen LogP) is 3.33.